The summed E-state index contributed by atoms with van der Waals surface area (Å²) in [5.41, 5.74) is 0.925. The Hall–Kier alpha value is -1.60. The molecule has 0 spiro atoms. The first-order valence-corrected chi connectivity index (χ1v) is 8.52. The number of amides is 1. The molecule has 0 aliphatic carbocycles. The van der Waals surface area contributed by atoms with Crippen LogP contribution in [0.1, 0.15) is 25.5 Å². The third-order valence-corrected chi connectivity index (χ3v) is 4.26. The number of likely N-dealkylation sites (N-methyl/N-ethyl adjacent to an activating group) is 1. The second kappa shape index (κ2) is 7.42. The summed E-state index contributed by atoms with van der Waals surface area (Å²) < 4.78 is 28.9. The van der Waals surface area contributed by atoms with Crippen molar-refractivity contribution in [3.63, 3.8) is 0 Å². The van der Waals surface area contributed by atoms with Gasteiger partial charge in [-0.1, -0.05) is 12.1 Å². The summed E-state index contributed by atoms with van der Waals surface area (Å²) in [6.07, 6.45) is 1.07. The van der Waals surface area contributed by atoms with E-state index in [2.05, 4.69) is 5.32 Å². The fourth-order valence-electron chi connectivity index (χ4n) is 1.71. The molecule has 0 fully saturated rings. The second-order valence-corrected chi connectivity index (χ2v) is 6.90. The van der Waals surface area contributed by atoms with Crippen LogP contribution < -0.4 is 10.1 Å². The molecular formula is C14H22N2O4S. The minimum Gasteiger partial charge on any atom is -0.494 e. The Bertz CT molecular complexity index is 569. The Balaban J connectivity index is 2.60. The van der Waals surface area contributed by atoms with Crippen LogP contribution >= 0.6 is 0 Å². The van der Waals surface area contributed by atoms with Gasteiger partial charge in [-0.25, -0.2) is 8.42 Å². The molecule has 0 heterocycles. The first kappa shape index (κ1) is 17.5. The first-order chi connectivity index (χ1) is 9.74. The van der Waals surface area contributed by atoms with Gasteiger partial charge in [0.25, 0.3) is 0 Å². The number of hydrogen-bond donors (Lipinski definition) is 1. The zero-order valence-electron chi connectivity index (χ0n) is 12.8. The van der Waals surface area contributed by atoms with E-state index < -0.39 is 10.0 Å². The highest BCUT2D eigenvalue weighted by atomic mass is 32.2. The average molecular weight is 314 g/mol. The number of nitrogens with one attached hydrogen (secondary N) is 1. The fourth-order valence-corrected chi connectivity index (χ4v) is 2.06. The van der Waals surface area contributed by atoms with Crippen LogP contribution in [-0.2, 0) is 14.8 Å². The third kappa shape index (κ3) is 5.73. The first-order valence-electron chi connectivity index (χ1n) is 6.67. The number of nitrogens with zero attached hydrogens (tertiary/aromatic N) is 1. The highest BCUT2D eigenvalue weighted by molar-refractivity contribution is 7.88. The van der Waals surface area contributed by atoms with Gasteiger partial charge >= 0.3 is 0 Å². The standard InChI is InChI=1S/C14H22N2O4S/c1-5-20-13-8-6-12(7-9-13)11(2)15-14(17)10-16(3)21(4,18)19/h6-9,11H,5,10H2,1-4H3,(H,15,17). The largest absolute Gasteiger partial charge is 0.494 e. The Morgan fingerprint density at radius 1 is 1.33 bits per heavy atom. The van der Waals surface area contributed by atoms with Gasteiger partial charge in [0, 0.05) is 7.05 Å². The van der Waals surface area contributed by atoms with Crippen molar-refractivity contribution < 1.29 is 17.9 Å². The maximum Gasteiger partial charge on any atom is 0.235 e. The summed E-state index contributed by atoms with van der Waals surface area (Å²) >= 11 is 0. The SMILES string of the molecule is CCOc1ccc(C(C)NC(=O)CN(C)S(C)(=O)=O)cc1. The van der Waals surface area contributed by atoms with E-state index in [0.717, 1.165) is 21.9 Å². The van der Waals surface area contributed by atoms with Gasteiger partial charge < -0.3 is 10.1 Å². The number of sulfonamides is 1. The molecule has 0 aliphatic rings. The van der Waals surface area contributed by atoms with Gasteiger partial charge in [-0.2, -0.15) is 4.31 Å². The maximum atomic E-state index is 11.8. The topological polar surface area (TPSA) is 75.7 Å². The van der Waals surface area contributed by atoms with Crippen LogP contribution in [0.4, 0.5) is 0 Å². The highest BCUT2D eigenvalue weighted by Gasteiger charge is 2.17. The molecule has 1 N–H and O–H groups in total. The summed E-state index contributed by atoms with van der Waals surface area (Å²) in [7, 11) is -1.98. The van der Waals surface area contributed by atoms with Crippen molar-refractivity contribution in [3.8, 4) is 5.75 Å². The lowest BCUT2D eigenvalue weighted by Crippen LogP contribution is -2.38. The van der Waals surface area contributed by atoms with E-state index in [0.29, 0.717) is 6.61 Å². The molecule has 0 saturated carbocycles. The third-order valence-electron chi connectivity index (χ3n) is 3.00. The van der Waals surface area contributed by atoms with Crippen molar-refractivity contribution in [2.45, 2.75) is 19.9 Å². The smallest absolute Gasteiger partial charge is 0.235 e. The van der Waals surface area contributed by atoms with E-state index in [4.69, 9.17) is 4.74 Å². The molecule has 1 unspecified atom stereocenters. The van der Waals surface area contributed by atoms with Crippen molar-refractivity contribution in [1.82, 2.24) is 9.62 Å². The number of carbonyl (C=O) groups excluding carboxylic acids is 1. The number of benzene rings is 1. The fraction of sp³-hybridized carbons (Fsp3) is 0.500. The molecule has 1 amide bonds. The van der Waals surface area contributed by atoms with Gasteiger partial charge in [0.2, 0.25) is 15.9 Å². The minimum absolute atomic E-state index is 0.194. The van der Waals surface area contributed by atoms with Crippen LogP contribution in [0.3, 0.4) is 0 Å². The van der Waals surface area contributed by atoms with Crippen molar-refractivity contribution >= 4 is 15.9 Å². The summed E-state index contributed by atoms with van der Waals surface area (Å²) in [5.74, 6) is 0.431. The molecule has 21 heavy (non-hydrogen) atoms. The minimum atomic E-state index is -3.35. The van der Waals surface area contributed by atoms with Crippen molar-refractivity contribution in [3.05, 3.63) is 29.8 Å². The summed E-state index contributed by atoms with van der Waals surface area (Å²) in [6.45, 7) is 4.16. The van der Waals surface area contributed by atoms with Crippen LogP contribution in [-0.4, -0.2) is 45.1 Å². The van der Waals surface area contributed by atoms with Crippen molar-refractivity contribution in [1.29, 1.82) is 0 Å². The van der Waals surface area contributed by atoms with E-state index in [1.165, 1.54) is 7.05 Å². The lowest BCUT2D eigenvalue weighted by molar-refractivity contribution is -0.121. The Kier molecular flexibility index (Phi) is 6.17. The summed E-state index contributed by atoms with van der Waals surface area (Å²) in [5, 5.41) is 2.76. The summed E-state index contributed by atoms with van der Waals surface area (Å²) in [4.78, 5) is 11.8. The van der Waals surface area contributed by atoms with Crippen molar-refractivity contribution in [2.75, 3.05) is 26.5 Å². The monoisotopic (exact) mass is 314 g/mol. The molecule has 0 radical (unpaired) electrons. The lowest BCUT2D eigenvalue weighted by Gasteiger charge is -2.18. The van der Waals surface area contributed by atoms with Crippen LogP contribution in [0.2, 0.25) is 0 Å². The summed E-state index contributed by atoms with van der Waals surface area (Å²) in [6, 6.07) is 7.21. The number of carbonyl (C=O) groups is 1. The van der Waals surface area contributed by atoms with Crippen molar-refractivity contribution in [2.24, 2.45) is 0 Å². The Morgan fingerprint density at radius 3 is 2.38 bits per heavy atom. The average Bonchev–Trinajstić information content (AvgIpc) is 2.38. The van der Waals surface area contributed by atoms with E-state index >= 15 is 0 Å². The Labute approximate surface area is 126 Å². The number of hydrogen-bond acceptors (Lipinski definition) is 4. The van der Waals surface area contributed by atoms with Crippen LogP contribution in [0, 0.1) is 0 Å². The molecule has 1 aromatic rings. The second-order valence-electron chi connectivity index (χ2n) is 4.81. The molecule has 7 heteroatoms. The molecule has 0 saturated heterocycles. The normalized spacial score (nSPS) is 13.0. The van der Waals surface area contributed by atoms with Crippen LogP contribution in [0.15, 0.2) is 24.3 Å². The van der Waals surface area contributed by atoms with Gasteiger partial charge in [-0.3, -0.25) is 4.79 Å². The predicted molar refractivity (Wildman–Crippen MR) is 81.6 cm³/mol. The quantitative estimate of drug-likeness (QED) is 0.819. The molecule has 118 valence electrons. The van der Waals surface area contributed by atoms with Gasteiger partial charge in [-0.15, -0.1) is 0 Å². The zero-order chi connectivity index (χ0) is 16.0. The van der Waals surface area contributed by atoms with Gasteiger partial charge in [0.15, 0.2) is 0 Å². The van der Waals surface area contributed by atoms with Crippen LogP contribution in [0.25, 0.3) is 0 Å². The number of ether oxygens (including phenoxy) is 1. The molecule has 0 bridgehead atoms. The van der Waals surface area contributed by atoms with Gasteiger partial charge in [0.1, 0.15) is 5.75 Å². The Morgan fingerprint density at radius 2 is 1.90 bits per heavy atom. The number of rotatable bonds is 7. The van der Waals surface area contributed by atoms with E-state index in [-0.39, 0.29) is 18.5 Å². The molecule has 6 nitrogen and oxygen atoms in total. The van der Waals surface area contributed by atoms with E-state index in [9.17, 15) is 13.2 Å². The maximum absolute atomic E-state index is 11.8. The zero-order valence-corrected chi connectivity index (χ0v) is 13.6. The van der Waals surface area contributed by atoms with E-state index in [1.54, 1.807) is 0 Å². The molecular weight excluding hydrogens is 292 g/mol. The van der Waals surface area contributed by atoms with Gasteiger partial charge in [0.05, 0.1) is 25.4 Å². The molecule has 0 aliphatic heterocycles. The van der Waals surface area contributed by atoms with Crippen LogP contribution in [0.5, 0.6) is 5.75 Å². The van der Waals surface area contributed by atoms with Gasteiger partial charge in [-0.05, 0) is 31.5 Å². The molecule has 1 rings (SSSR count). The van der Waals surface area contributed by atoms with E-state index in [1.807, 2.05) is 38.1 Å². The molecule has 0 aromatic heterocycles. The molecule has 1 atom stereocenters. The predicted octanol–water partition coefficient (Wildman–Crippen LogP) is 1.15. The molecule has 1 aromatic carbocycles. The highest BCUT2D eigenvalue weighted by Crippen LogP contribution is 2.17. The lowest BCUT2D eigenvalue weighted by atomic mass is 10.1.